The summed E-state index contributed by atoms with van der Waals surface area (Å²) in [6, 6.07) is 18.3. The molecule has 2 rings (SSSR count). The van der Waals surface area contributed by atoms with Crippen molar-refractivity contribution in [2.45, 2.75) is 0 Å². The number of carbonyl (C=O) groups excluding carboxylic acids is 1. The van der Waals surface area contributed by atoms with Crippen LogP contribution < -0.4 is 0 Å². The van der Waals surface area contributed by atoms with Crippen LogP contribution in [0.15, 0.2) is 60.7 Å². The Morgan fingerprint density at radius 3 is 2.39 bits per heavy atom. The second-order valence-electron chi connectivity index (χ2n) is 3.76. The molecule has 2 heteroatoms. The summed E-state index contributed by atoms with van der Waals surface area (Å²) in [5, 5.41) is 8.93. The number of hydrogen-bond donors (Lipinski definition) is 0. The molecule has 0 atom stereocenters. The van der Waals surface area contributed by atoms with Gasteiger partial charge >= 0.3 is 0 Å². The van der Waals surface area contributed by atoms with E-state index in [2.05, 4.69) is 6.07 Å². The van der Waals surface area contributed by atoms with E-state index in [-0.39, 0.29) is 5.78 Å². The molecule has 0 bridgehead atoms. The Kier molecular flexibility index (Phi) is 3.68. The van der Waals surface area contributed by atoms with Gasteiger partial charge in [-0.2, -0.15) is 5.26 Å². The molecule has 0 radical (unpaired) electrons. The maximum atomic E-state index is 11.8. The van der Waals surface area contributed by atoms with Gasteiger partial charge in [0.1, 0.15) is 0 Å². The number of ketones is 1. The predicted octanol–water partition coefficient (Wildman–Crippen LogP) is 3.45. The lowest BCUT2D eigenvalue weighted by atomic mass is 10.1. The highest BCUT2D eigenvalue weighted by Gasteiger charge is 2.01. The summed E-state index contributed by atoms with van der Waals surface area (Å²) in [5.74, 6) is -0.0663. The van der Waals surface area contributed by atoms with E-state index in [1.54, 1.807) is 30.3 Å². The third-order valence-corrected chi connectivity index (χ3v) is 2.55. The summed E-state index contributed by atoms with van der Waals surface area (Å²) in [4.78, 5) is 11.8. The van der Waals surface area contributed by atoms with E-state index in [1.165, 1.54) is 6.08 Å². The third-order valence-electron chi connectivity index (χ3n) is 2.55. The van der Waals surface area contributed by atoms with E-state index in [9.17, 15) is 4.79 Å². The number of benzene rings is 2. The zero-order chi connectivity index (χ0) is 12.8. The van der Waals surface area contributed by atoms with Gasteiger partial charge in [-0.25, -0.2) is 0 Å². The first kappa shape index (κ1) is 11.8. The standard InChI is InChI=1S/C16H11NO/c17-12-15-9-5-4-6-13(15)10-11-16(18)14-7-2-1-3-8-14/h1-11H/b11-10+. The molecule has 0 N–H and O–H groups in total. The zero-order valence-corrected chi connectivity index (χ0v) is 9.71. The first-order valence-corrected chi connectivity index (χ1v) is 5.58. The minimum Gasteiger partial charge on any atom is -0.289 e. The van der Waals surface area contributed by atoms with Crippen LogP contribution in [0.25, 0.3) is 6.08 Å². The summed E-state index contributed by atoms with van der Waals surface area (Å²) in [6.07, 6.45) is 3.17. The maximum absolute atomic E-state index is 11.8. The van der Waals surface area contributed by atoms with Gasteiger partial charge in [0.25, 0.3) is 0 Å². The number of allylic oxidation sites excluding steroid dienone is 1. The topological polar surface area (TPSA) is 40.9 Å². The molecule has 0 saturated heterocycles. The number of carbonyl (C=O) groups is 1. The van der Waals surface area contributed by atoms with Crippen molar-refractivity contribution in [1.29, 1.82) is 5.26 Å². The van der Waals surface area contributed by atoms with E-state index < -0.39 is 0 Å². The van der Waals surface area contributed by atoms with Crippen LogP contribution in [0.2, 0.25) is 0 Å². The lowest BCUT2D eigenvalue weighted by Crippen LogP contribution is -1.93. The predicted molar refractivity (Wildman–Crippen MR) is 71.0 cm³/mol. The normalized spacial score (nSPS) is 10.2. The van der Waals surface area contributed by atoms with Gasteiger partial charge in [-0.3, -0.25) is 4.79 Å². The fourth-order valence-corrected chi connectivity index (χ4v) is 1.61. The van der Waals surface area contributed by atoms with Gasteiger partial charge in [0.05, 0.1) is 11.6 Å². The van der Waals surface area contributed by atoms with E-state index in [0.29, 0.717) is 11.1 Å². The first-order valence-electron chi connectivity index (χ1n) is 5.58. The zero-order valence-electron chi connectivity index (χ0n) is 9.71. The molecular weight excluding hydrogens is 222 g/mol. The summed E-state index contributed by atoms with van der Waals surface area (Å²) < 4.78 is 0. The lowest BCUT2D eigenvalue weighted by Gasteiger charge is -1.97. The molecule has 2 nitrogen and oxygen atoms in total. The summed E-state index contributed by atoms with van der Waals surface area (Å²) in [6.45, 7) is 0. The highest BCUT2D eigenvalue weighted by molar-refractivity contribution is 6.06. The van der Waals surface area contributed by atoms with Crippen LogP contribution in [0.5, 0.6) is 0 Å². The largest absolute Gasteiger partial charge is 0.289 e. The second kappa shape index (κ2) is 5.60. The van der Waals surface area contributed by atoms with Crippen LogP contribution in [0.4, 0.5) is 0 Å². The molecule has 0 aliphatic heterocycles. The molecule has 0 spiro atoms. The van der Waals surface area contributed by atoms with Crippen LogP contribution in [0.3, 0.4) is 0 Å². The average Bonchev–Trinajstić information content (AvgIpc) is 2.46. The van der Waals surface area contributed by atoms with Gasteiger partial charge in [0.2, 0.25) is 0 Å². The van der Waals surface area contributed by atoms with Gasteiger partial charge in [0.15, 0.2) is 5.78 Å². The summed E-state index contributed by atoms with van der Waals surface area (Å²) in [7, 11) is 0. The summed E-state index contributed by atoms with van der Waals surface area (Å²) >= 11 is 0. The number of nitriles is 1. The van der Waals surface area contributed by atoms with E-state index in [1.807, 2.05) is 30.3 Å². The molecule has 0 aromatic heterocycles. The fraction of sp³-hybridized carbons (Fsp3) is 0. The van der Waals surface area contributed by atoms with Crippen LogP contribution in [0, 0.1) is 11.3 Å². The minimum atomic E-state index is -0.0663. The Morgan fingerprint density at radius 2 is 1.67 bits per heavy atom. The first-order chi connectivity index (χ1) is 8.81. The van der Waals surface area contributed by atoms with Crippen LogP contribution in [-0.2, 0) is 0 Å². The van der Waals surface area contributed by atoms with Gasteiger partial charge in [-0.1, -0.05) is 48.5 Å². The van der Waals surface area contributed by atoms with Crippen molar-refractivity contribution >= 4 is 11.9 Å². The van der Waals surface area contributed by atoms with E-state index in [0.717, 1.165) is 5.56 Å². The van der Waals surface area contributed by atoms with Crippen molar-refractivity contribution < 1.29 is 4.79 Å². The molecule has 0 saturated carbocycles. The number of nitrogens with zero attached hydrogens (tertiary/aromatic N) is 1. The number of hydrogen-bond acceptors (Lipinski definition) is 2. The Bertz CT molecular complexity index is 621. The molecular formula is C16H11NO. The van der Waals surface area contributed by atoms with Crippen LogP contribution in [-0.4, -0.2) is 5.78 Å². The molecule has 2 aromatic carbocycles. The highest BCUT2D eigenvalue weighted by Crippen LogP contribution is 2.10. The quantitative estimate of drug-likeness (QED) is 0.601. The van der Waals surface area contributed by atoms with Crippen molar-refractivity contribution in [2.75, 3.05) is 0 Å². The van der Waals surface area contributed by atoms with Crippen molar-refractivity contribution in [3.63, 3.8) is 0 Å². The van der Waals surface area contributed by atoms with Crippen LogP contribution in [0.1, 0.15) is 21.5 Å². The number of rotatable bonds is 3. The van der Waals surface area contributed by atoms with Gasteiger partial charge in [-0.15, -0.1) is 0 Å². The molecule has 0 aliphatic carbocycles. The Hall–Kier alpha value is -2.66. The van der Waals surface area contributed by atoms with Gasteiger partial charge in [-0.05, 0) is 23.8 Å². The van der Waals surface area contributed by atoms with Gasteiger partial charge in [0, 0.05) is 5.56 Å². The van der Waals surface area contributed by atoms with Crippen molar-refractivity contribution in [2.24, 2.45) is 0 Å². The fourth-order valence-electron chi connectivity index (χ4n) is 1.61. The monoisotopic (exact) mass is 233 g/mol. The lowest BCUT2D eigenvalue weighted by molar-refractivity contribution is 0.104. The molecule has 0 heterocycles. The highest BCUT2D eigenvalue weighted by atomic mass is 16.1. The van der Waals surface area contributed by atoms with Crippen molar-refractivity contribution in [3.8, 4) is 6.07 Å². The molecule has 18 heavy (non-hydrogen) atoms. The minimum absolute atomic E-state index is 0.0663. The Morgan fingerprint density at radius 1 is 1.00 bits per heavy atom. The third kappa shape index (κ3) is 2.72. The average molecular weight is 233 g/mol. The second-order valence-corrected chi connectivity index (χ2v) is 3.76. The smallest absolute Gasteiger partial charge is 0.185 e. The van der Waals surface area contributed by atoms with Gasteiger partial charge < -0.3 is 0 Å². The molecule has 86 valence electrons. The molecule has 0 unspecified atom stereocenters. The SMILES string of the molecule is N#Cc1ccccc1/C=C/C(=O)c1ccccc1. The molecule has 2 aromatic rings. The molecule has 0 amide bonds. The molecule has 0 aliphatic rings. The maximum Gasteiger partial charge on any atom is 0.185 e. The molecule has 0 fully saturated rings. The van der Waals surface area contributed by atoms with Crippen LogP contribution >= 0.6 is 0 Å². The Balaban J connectivity index is 2.22. The van der Waals surface area contributed by atoms with Crippen molar-refractivity contribution in [3.05, 3.63) is 77.4 Å². The summed E-state index contributed by atoms with van der Waals surface area (Å²) in [5.41, 5.74) is 1.96. The van der Waals surface area contributed by atoms with Crippen molar-refractivity contribution in [1.82, 2.24) is 0 Å². The van der Waals surface area contributed by atoms with E-state index >= 15 is 0 Å². The van der Waals surface area contributed by atoms with E-state index in [4.69, 9.17) is 5.26 Å². The Labute approximate surface area is 106 Å².